The summed E-state index contributed by atoms with van der Waals surface area (Å²) in [5.41, 5.74) is -0.689. The normalized spacial score (nSPS) is 10.4. The van der Waals surface area contributed by atoms with Crippen LogP contribution in [0.5, 0.6) is 0 Å². The van der Waals surface area contributed by atoms with Crippen LogP contribution in [0, 0.1) is 15.9 Å². The highest BCUT2D eigenvalue weighted by Gasteiger charge is 2.20. The van der Waals surface area contributed by atoms with Crippen LogP contribution >= 0.6 is 15.9 Å². The van der Waals surface area contributed by atoms with Gasteiger partial charge in [0, 0.05) is 19.2 Å². The molecule has 0 spiro atoms. The van der Waals surface area contributed by atoms with Gasteiger partial charge in [0.25, 0.3) is 11.6 Å². The molecule has 0 atom stereocenters. The van der Waals surface area contributed by atoms with E-state index in [2.05, 4.69) is 15.9 Å². The molecule has 1 heterocycles. The number of rotatable bonds is 4. The van der Waals surface area contributed by atoms with Crippen LogP contribution in [0.25, 0.3) is 0 Å². The number of carbonyl (C=O) groups is 1. The first-order valence-corrected chi connectivity index (χ1v) is 6.61. The van der Waals surface area contributed by atoms with Gasteiger partial charge in [0.1, 0.15) is 11.6 Å². The van der Waals surface area contributed by atoms with Crippen LogP contribution in [-0.4, -0.2) is 22.8 Å². The second-order valence-corrected chi connectivity index (χ2v) is 5.07. The van der Waals surface area contributed by atoms with Crippen molar-refractivity contribution in [2.24, 2.45) is 0 Å². The van der Waals surface area contributed by atoms with Crippen molar-refractivity contribution in [3.63, 3.8) is 0 Å². The van der Waals surface area contributed by atoms with E-state index in [4.69, 9.17) is 4.42 Å². The zero-order chi connectivity index (χ0) is 15.6. The number of hydrogen-bond donors (Lipinski definition) is 0. The lowest BCUT2D eigenvalue weighted by Crippen LogP contribution is -2.27. The van der Waals surface area contributed by atoms with Crippen molar-refractivity contribution in [1.29, 1.82) is 0 Å². The van der Waals surface area contributed by atoms with E-state index in [-0.39, 0.29) is 17.8 Å². The van der Waals surface area contributed by atoms with Gasteiger partial charge in [-0.25, -0.2) is 4.39 Å². The molecule has 8 heteroatoms. The number of benzene rings is 1. The quantitative estimate of drug-likeness (QED) is 0.621. The first-order chi connectivity index (χ1) is 9.88. The Hall–Kier alpha value is -2.22. The van der Waals surface area contributed by atoms with Crippen LogP contribution < -0.4 is 0 Å². The van der Waals surface area contributed by atoms with Crippen LogP contribution in [0.1, 0.15) is 16.1 Å². The highest BCUT2D eigenvalue weighted by Crippen LogP contribution is 2.20. The molecule has 0 radical (unpaired) electrons. The van der Waals surface area contributed by atoms with Crippen LogP contribution in [0.4, 0.5) is 10.1 Å². The molecule has 1 aromatic heterocycles. The summed E-state index contributed by atoms with van der Waals surface area (Å²) < 4.78 is 19.5. The van der Waals surface area contributed by atoms with Gasteiger partial charge in [-0.15, -0.1) is 0 Å². The molecule has 1 aromatic carbocycles. The van der Waals surface area contributed by atoms with Crippen LogP contribution in [0.15, 0.2) is 39.4 Å². The van der Waals surface area contributed by atoms with Crippen LogP contribution in [0.2, 0.25) is 0 Å². The van der Waals surface area contributed by atoms with Gasteiger partial charge in [0.05, 0.1) is 17.0 Å². The highest BCUT2D eigenvalue weighted by atomic mass is 79.9. The van der Waals surface area contributed by atoms with Crippen molar-refractivity contribution in [2.75, 3.05) is 7.05 Å². The number of amides is 1. The average molecular weight is 357 g/mol. The van der Waals surface area contributed by atoms with Crippen molar-refractivity contribution in [2.45, 2.75) is 6.54 Å². The fourth-order valence-corrected chi connectivity index (χ4v) is 2.08. The summed E-state index contributed by atoms with van der Waals surface area (Å²) in [6.45, 7) is 0.118. The molecule has 0 saturated heterocycles. The maximum Gasteiger partial charge on any atom is 0.270 e. The molecular weight excluding hydrogens is 347 g/mol. The molecule has 2 aromatic rings. The summed E-state index contributed by atoms with van der Waals surface area (Å²) in [7, 11) is 1.46. The van der Waals surface area contributed by atoms with Crippen molar-refractivity contribution in [3.05, 3.63) is 62.3 Å². The number of nitro groups is 1. The number of halogens is 2. The molecule has 0 aliphatic carbocycles. The van der Waals surface area contributed by atoms with Gasteiger partial charge in [-0.1, -0.05) is 0 Å². The van der Waals surface area contributed by atoms with Crippen LogP contribution in [-0.2, 0) is 6.54 Å². The minimum Gasteiger partial charge on any atom is -0.452 e. The minimum absolute atomic E-state index is 0.118. The summed E-state index contributed by atoms with van der Waals surface area (Å²) >= 11 is 3.14. The SMILES string of the molecule is CN(Cc1ccc(Br)o1)C(=O)c1cc([N+](=O)[O-])ccc1F. The number of carbonyl (C=O) groups excluding carboxylic acids is 1. The molecular formula is C13H10BrFN2O4. The van der Waals surface area contributed by atoms with Gasteiger partial charge < -0.3 is 9.32 Å². The lowest BCUT2D eigenvalue weighted by Gasteiger charge is -2.16. The summed E-state index contributed by atoms with van der Waals surface area (Å²) in [5, 5.41) is 10.7. The lowest BCUT2D eigenvalue weighted by molar-refractivity contribution is -0.384. The maximum atomic E-state index is 13.7. The van der Waals surface area contributed by atoms with Gasteiger partial charge in [0.15, 0.2) is 4.67 Å². The van der Waals surface area contributed by atoms with E-state index in [0.717, 1.165) is 18.2 Å². The first kappa shape index (κ1) is 15.2. The Balaban J connectivity index is 2.22. The van der Waals surface area contributed by atoms with Gasteiger partial charge in [-0.2, -0.15) is 0 Å². The van der Waals surface area contributed by atoms with E-state index in [1.165, 1.54) is 11.9 Å². The molecule has 0 aliphatic heterocycles. The van der Waals surface area contributed by atoms with Crippen molar-refractivity contribution >= 4 is 27.5 Å². The first-order valence-electron chi connectivity index (χ1n) is 5.82. The molecule has 0 saturated carbocycles. The summed E-state index contributed by atoms with van der Waals surface area (Å²) in [5.74, 6) is -0.967. The molecule has 110 valence electrons. The Labute approximate surface area is 127 Å². The molecule has 0 unspecified atom stereocenters. The highest BCUT2D eigenvalue weighted by molar-refractivity contribution is 9.10. The number of non-ortho nitro benzene ring substituents is 1. The third-order valence-corrected chi connectivity index (χ3v) is 3.19. The monoisotopic (exact) mass is 356 g/mol. The van der Waals surface area contributed by atoms with Crippen molar-refractivity contribution < 1.29 is 18.5 Å². The van der Waals surface area contributed by atoms with E-state index in [1.807, 2.05) is 0 Å². The number of nitro benzene ring substituents is 1. The average Bonchev–Trinajstić information content (AvgIpc) is 2.83. The van der Waals surface area contributed by atoms with E-state index in [1.54, 1.807) is 12.1 Å². The molecule has 21 heavy (non-hydrogen) atoms. The Morgan fingerprint density at radius 3 is 2.71 bits per heavy atom. The predicted molar refractivity (Wildman–Crippen MR) is 75.3 cm³/mol. The molecule has 1 amide bonds. The standard InChI is InChI=1S/C13H10BrFN2O4/c1-16(7-9-3-5-12(14)21-9)13(18)10-6-8(17(19)20)2-4-11(10)15/h2-6H,7H2,1H3. The zero-order valence-corrected chi connectivity index (χ0v) is 12.5. The second-order valence-electron chi connectivity index (χ2n) is 4.29. The molecule has 6 nitrogen and oxygen atoms in total. The molecule has 0 aliphatic rings. The summed E-state index contributed by atoms with van der Waals surface area (Å²) in [4.78, 5) is 23.4. The molecule has 2 rings (SSSR count). The number of hydrogen-bond acceptors (Lipinski definition) is 4. The third kappa shape index (κ3) is 3.46. The number of furan rings is 1. The van der Waals surface area contributed by atoms with E-state index in [9.17, 15) is 19.3 Å². The fourth-order valence-electron chi connectivity index (χ4n) is 1.74. The molecule has 0 N–H and O–H groups in total. The van der Waals surface area contributed by atoms with Gasteiger partial charge in [-0.05, 0) is 34.1 Å². The van der Waals surface area contributed by atoms with Crippen LogP contribution in [0.3, 0.4) is 0 Å². The fraction of sp³-hybridized carbons (Fsp3) is 0.154. The van der Waals surface area contributed by atoms with Crippen molar-refractivity contribution in [3.8, 4) is 0 Å². The predicted octanol–water partition coefficient (Wildman–Crippen LogP) is 3.36. The summed E-state index contributed by atoms with van der Waals surface area (Å²) in [6.07, 6.45) is 0. The zero-order valence-electron chi connectivity index (χ0n) is 10.9. The van der Waals surface area contributed by atoms with Gasteiger partial charge in [-0.3, -0.25) is 14.9 Å². The second kappa shape index (κ2) is 6.04. The van der Waals surface area contributed by atoms with Gasteiger partial charge >= 0.3 is 0 Å². The topological polar surface area (TPSA) is 76.6 Å². The van der Waals surface area contributed by atoms with E-state index < -0.39 is 16.6 Å². The minimum atomic E-state index is -0.807. The molecule has 0 fully saturated rings. The van der Waals surface area contributed by atoms with Crippen molar-refractivity contribution in [1.82, 2.24) is 4.90 Å². The lowest BCUT2D eigenvalue weighted by atomic mass is 10.1. The number of nitrogens with zero attached hydrogens (tertiary/aromatic N) is 2. The van der Waals surface area contributed by atoms with E-state index >= 15 is 0 Å². The smallest absolute Gasteiger partial charge is 0.270 e. The molecule has 0 bridgehead atoms. The largest absolute Gasteiger partial charge is 0.452 e. The maximum absolute atomic E-state index is 13.7. The van der Waals surface area contributed by atoms with Gasteiger partial charge in [0.2, 0.25) is 0 Å². The Bertz CT molecular complexity index is 701. The Morgan fingerprint density at radius 2 is 2.14 bits per heavy atom. The van der Waals surface area contributed by atoms with E-state index in [0.29, 0.717) is 10.4 Å². The Kier molecular flexibility index (Phi) is 4.37. The third-order valence-electron chi connectivity index (χ3n) is 2.76. The Morgan fingerprint density at radius 1 is 1.43 bits per heavy atom. The summed E-state index contributed by atoms with van der Waals surface area (Å²) in [6, 6.07) is 6.17.